The Balaban J connectivity index is 1.93. The first-order valence-corrected chi connectivity index (χ1v) is 10.3. The Labute approximate surface area is 194 Å². The van der Waals surface area contributed by atoms with Crippen LogP contribution in [0.5, 0.6) is 11.5 Å². The Morgan fingerprint density at radius 1 is 0.971 bits per heavy atom. The van der Waals surface area contributed by atoms with Gasteiger partial charge in [0.15, 0.2) is 16.9 Å². The third kappa shape index (κ3) is 3.95. The summed E-state index contributed by atoms with van der Waals surface area (Å²) in [6.07, 6.45) is 0. The molecule has 172 valence electrons. The van der Waals surface area contributed by atoms with Gasteiger partial charge in [0.1, 0.15) is 5.82 Å². The maximum absolute atomic E-state index is 13.6. The second kappa shape index (κ2) is 9.07. The zero-order chi connectivity index (χ0) is 24.4. The first-order valence-electron chi connectivity index (χ1n) is 10.3. The molecule has 9 nitrogen and oxygen atoms in total. The number of anilines is 1. The topological polar surface area (TPSA) is 113 Å². The predicted octanol–water partition coefficient (Wildman–Crippen LogP) is 4.38. The molecule has 1 N–H and O–H groups in total. The third-order valence-electron chi connectivity index (χ3n) is 5.53. The van der Waals surface area contributed by atoms with Gasteiger partial charge in [0.05, 0.1) is 30.2 Å². The number of rotatable bonds is 6. The molecule has 0 aliphatic rings. The van der Waals surface area contributed by atoms with Crippen LogP contribution in [0.4, 0.5) is 11.5 Å². The molecule has 1 amide bonds. The van der Waals surface area contributed by atoms with E-state index in [2.05, 4.69) is 5.32 Å². The maximum atomic E-state index is 13.6. The van der Waals surface area contributed by atoms with Gasteiger partial charge in [-0.15, -0.1) is 0 Å². The van der Waals surface area contributed by atoms with Crippen molar-refractivity contribution in [3.05, 3.63) is 92.6 Å². The number of nitrogens with one attached hydrogen (secondary N) is 1. The van der Waals surface area contributed by atoms with Crippen LogP contribution in [-0.2, 0) is 7.05 Å². The number of nitro benzene ring substituents is 1. The number of aromatic nitrogens is 1. The number of nitro groups is 1. The van der Waals surface area contributed by atoms with E-state index in [9.17, 15) is 19.7 Å². The van der Waals surface area contributed by atoms with Crippen LogP contribution in [0.3, 0.4) is 0 Å². The second-order valence-electron chi connectivity index (χ2n) is 7.46. The molecule has 0 unspecified atom stereocenters. The smallest absolute Gasteiger partial charge is 0.270 e. The van der Waals surface area contributed by atoms with E-state index in [0.29, 0.717) is 28.0 Å². The zero-order valence-electron chi connectivity index (χ0n) is 18.7. The molecule has 0 saturated carbocycles. The van der Waals surface area contributed by atoms with E-state index < -0.39 is 10.8 Å². The number of non-ortho nitro benzene ring substituents is 1. The summed E-state index contributed by atoms with van der Waals surface area (Å²) >= 11 is 0. The molecule has 1 heterocycles. The number of nitrogens with zero attached hydrogens (tertiary/aromatic N) is 2. The Bertz CT molecular complexity index is 1490. The number of para-hydroxylation sites is 1. The van der Waals surface area contributed by atoms with E-state index in [1.165, 1.54) is 38.5 Å². The van der Waals surface area contributed by atoms with Crippen molar-refractivity contribution in [2.45, 2.75) is 0 Å². The van der Waals surface area contributed by atoms with Gasteiger partial charge in [-0.25, -0.2) is 0 Å². The molecule has 4 aromatic rings. The number of methoxy groups -OCH3 is 2. The molecule has 0 aliphatic heterocycles. The van der Waals surface area contributed by atoms with Gasteiger partial charge in [-0.3, -0.25) is 19.7 Å². The third-order valence-corrected chi connectivity index (χ3v) is 5.53. The first-order chi connectivity index (χ1) is 16.3. The Hall–Kier alpha value is -4.66. The molecule has 0 radical (unpaired) electrons. The molecule has 3 aromatic carbocycles. The normalized spacial score (nSPS) is 10.7. The Kier molecular flexibility index (Phi) is 6.01. The number of carbonyl (C=O) groups is 1. The number of amides is 1. The van der Waals surface area contributed by atoms with Crippen LogP contribution >= 0.6 is 0 Å². The lowest BCUT2D eigenvalue weighted by Gasteiger charge is -2.19. The van der Waals surface area contributed by atoms with Crippen molar-refractivity contribution in [2.75, 3.05) is 19.5 Å². The first kappa shape index (κ1) is 22.5. The summed E-state index contributed by atoms with van der Waals surface area (Å²) in [5, 5.41) is 14.4. The molecular weight excluding hydrogens is 438 g/mol. The largest absolute Gasteiger partial charge is 0.493 e. The van der Waals surface area contributed by atoms with Gasteiger partial charge in [0, 0.05) is 30.1 Å². The summed E-state index contributed by atoms with van der Waals surface area (Å²) in [5.41, 5.74) is 0.980. The molecule has 0 spiro atoms. The summed E-state index contributed by atoms with van der Waals surface area (Å²) in [4.78, 5) is 37.3. The number of hydrogen-bond donors (Lipinski definition) is 1. The van der Waals surface area contributed by atoms with E-state index in [1.807, 2.05) is 0 Å². The second-order valence-corrected chi connectivity index (χ2v) is 7.46. The fraction of sp³-hybridized carbons (Fsp3) is 0.120. The highest BCUT2D eigenvalue weighted by atomic mass is 16.6. The van der Waals surface area contributed by atoms with Gasteiger partial charge in [-0.1, -0.05) is 24.3 Å². The Morgan fingerprint density at radius 3 is 2.41 bits per heavy atom. The molecule has 9 heteroatoms. The highest BCUT2D eigenvalue weighted by Crippen LogP contribution is 2.35. The van der Waals surface area contributed by atoms with Crippen LogP contribution in [0.15, 0.2) is 71.5 Å². The van der Waals surface area contributed by atoms with Crippen LogP contribution in [0.1, 0.15) is 10.4 Å². The van der Waals surface area contributed by atoms with Crippen molar-refractivity contribution in [1.82, 2.24) is 4.57 Å². The van der Waals surface area contributed by atoms with E-state index in [1.54, 1.807) is 54.1 Å². The lowest BCUT2D eigenvalue weighted by molar-refractivity contribution is -0.384. The summed E-state index contributed by atoms with van der Waals surface area (Å²) in [6, 6.07) is 17.5. The van der Waals surface area contributed by atoms with Gasteiger partial charge in [0.25, 0.3) is 11.6 Å². The van der Waals surface area contributed by atoms with Crippen LogP contribution in [0, 0.1) is 10.1 Å². The summed E-state index contributed by atoms with van der Waals surface area (Å²) in [7, 11) is 4.73. The molecule has 0 fully saturated rings. The Morgan fingerprint density at radius 2 is 1.71 bits per heavy atom. The standard InChI is InChI=1S/C25H21N3O6/c1-27-19-10-5-4-9-18(19)23(29)22(15-11-12-20(33-2)21(14-15)34-3)24(27)26-25(30)16-7-6-8-17(13-16)28(31)32/h4-14H,1-3H3,(H,26,30). The maximum Gasteiger partial charge on any atom is 0.270 e. The van der Waals surface area contributed by atoms with E-state index in [4.69, 9.17) is 9.47 Å². The van der Waals surface area contributed by atoms with Gasteiger partial charge >= 0.3 is 0 Å². The molecule has 0 atom stereocenters. The van der Waals surface area contributed by atoms with Crippen molar-refractivity contribution >= 4 is 28.3 Å². The average molecular weight is 459 g/mol. The number of benzene rings is 3. The van der Waals surface area contributed by atoms with Crippen LogP contribution in [-0.4, -0.2) is 29.6 Å². The lowest BCUT2D eigenvalue weighted by Crippen LogP contribution is -2.21. The van der Waals surface area contributed by atoms with Gasteiger partial charge in [0.2, 0.25) is 0 Å². The van der Waals surface area contributed by atoms with Crippen molar-refractivity contribution in [3.63, 3.8) is 0 Å². The number of fused-ring (bicyclic) bond motifs is 1. The van der Waals surface area contributed by atoms with Gasteiger partial charge in [-0.2, -0.15) is 0 Å². The number of carbonyl (C=O) groups excluding carboxylic acids is 1. The van der Waals surface area contributed by atoms with Crippen molar-refractivity contribution in [3.8, 4) is 22.6 Å². The van der Waals surface area contributed by atoms with Crippen molar-refractivity contribution in [2.24, 2.45) is 7.05 Å². The highest BCUT2D eigenvalue weighted by molar-refractivity contribution is 6.07. The minimum absolute atomic E-state index is 0.0908. The average Bonchev–Trinajstić information content (AvgIpc) is 2.86. The van der Waals surface area contributed by atoms with Crippen molar-refractivity contribution in [1.29, 1.82) is 0 Å². The van der Waals surface area contributed by atoms with Crippen molar-refractivity contribution < 1.29 is 19.2 Å². The summed E-state index contributed by atoms with van der Waals surface area (Å²) in [5.74, 6) is 0.570. The van der Waals surface area contributed by atoms with Crippen LogP contribution < -0.4 is 20.2 Å². The van der Waals surface area contributed by atoms with Gasteiger partial charge in [-0.05, 0) is 35.9 Å². The zero-order valence-corrected chi connectivity index (χ0v) is 18.7. The van der Waals surface area contributed by atoms with Crippen LogP contribution in [0.25, 0.3) is 22.0 Å². The molecule has 0 aliphatic carbocycles. The van der Waals surface area contributed by atoms with E-state index in [0.717, 1.165) is 0 Å². The fourth-order valence-electron chi connectivity index (χ4n) is 3.83. The van der Waals surface area contributed by atoms with E-state index in [-0.39, 0.29) is 28.1 Å². The summed E-state index contributed by atoms with van der Waals surface area (Å²) < 4.78 is 12.4. The lowest BCUT2D eigenvalue weighted by atomic mass is 10.0. The monoisotopic (exact) mass is 459 g/mol. The molecule has 0 saturated heterocycles. The molecule has 0 bridgehead atoms. The number of ether oxygens (including phenoxy) is 2. The number of hydrogen-bond acceptors (Lipinski definition) is 6. The molecular formula is C25H21N3O6. The van der Waals surface area contributed by atoms with Crippen LogP contribution in [0.2, 0.25) is 0 Å². The fourth-order valence-corrected chi connectivity index (χ4v) is 3.83. The SMILES string of the molecule is COc1ccc(-c2c(NC(=O)c3cccc([N+](=O)[O-])c3)n(C)c3ccccc3c2=O)cc1OC. The quantitative estimate of drug-likeness (QED) is 0.338. The van der Waals surface area contributed by atoms with Gasteiger partial charge < -0.3 is 19.4 Å². The minimum atomic E-state index is -0.587. The molecule has 34 heavy (non-hydrogen) atoms. The van der Waals surface area contributed by atoms with E-state index >= 15 is 0 Å². The molecule has 1 aromatic heterocycles. The molecule has 4 rings (SSSR count). The highest BCUT2D eigenvalue weighted by Gasteiger charge is 2.21. The number of aryl methyl sites for hydroxylation is 1. The minimum Gasteiger partial charge on any atom is -0.493 e. The summed E-state index contributed by atoms with van der Waals surface area (Å²) in [6.45, 7) is 0. The predicted molar refractivity (Wildman–Crippen MR) is 129 cm³/mol. The number of pyridine rings is 1.